The first-order chi connectivity index (χ1) is 10.2. The Hall–Kier alpha value is -0.730. The van der Waals surface area contributed by atoms with Gasteiger partial charge in [0.25, 0.3) is 0 Å². The van der Waals surface area contributed by atoms with Crippen molar-refractivity contribution in [3.05, 3.63) is 28.8 Å². The van der Waals surface area contributed by atoms with E-state index in [4.69, 9.17) is 11.6 Å². The molecule has 0 bridgehead atoms. The maximum absolute atomic E-state index is 6.29. The number of likely N-dealkylation sites (tertiary alicyclic amines) is 1. The van der Waals surface area contributed by atoms with Gasteiger partial charge in [0.15, 0.2) is 0 Å². The van der Waals surface area contributed by atoms with E-state index in [2.05, 4.69) is 28.9 Å². The highest BCUT2D eigenvalue weighted by molar-refractivity contribution is 6.30. The van der Waals surface area contributed by atoms with Crippen molar-refractivity contribution in [1.29, 1.82) is 0 Å². The SMILES string of the molecule is CCN1CC2(CCN(CC3CC3)CC2)c2cc(Cl)ccc21. The number of likely N-dealkylation sites (N-methyl/N-ethyl adjacent to an activating group) is 1. The van der Waals surface area contributed by atoms with Crippen molar-refractivity contribution in [3.63, 3.8) is 0 Å². The average molecular weight is 305 g/mol. The van der Waals surface area contributed by atoms with E-state index in [9.17, 15) is 0 Å². The molecule has 1 aliphatic carbocycles. The Balaban J connectivity index is 1.57. The van der Waals surface area contributed by atoms with Crippen LogP contribution in [0.3, 0.4) is 0 Å². The lowest BCUT2D eigenvalue weighted by atomic mass is 9.74. The Morgan fingerprint density at radius 3 is 2.67 bits per heavy atom. The number of hydrogen-bond acceptors (Lipinski definition) is 2. The molecule has 0 atom stereocenters. The number of hydrogen-bond donors (Lipinski definition) is 0. The van der Waals surface area contributed by atoms with Crippen molar-refractivity contribution in [2.75, 3.05) is 37.6 Å². The molecule has 114 valence electrons. The second kappa shape index (κ2) is 5.17. The summed E-state index contributed by atoms with van der Waals surface area (Å²) >= 11 is 6.29. The summed E-state index contributed by atoms with van der Waals surface area (Å²) in [7, 11) is 0. The molecule has 1 saturated heterocycles. The molecule has 1 aromatic carbocycles. The molecule has 4 rings (SSSR count). The molecule has 0 unspecified atom stereocenters. The number of anilines is 1. The molecule has 1 aromatic rings. The lowest BCUT2D eigenvalue weighted by Gasteiger charge is -2.40. The fraction of sp³-hybridized carbons (Fsp3) is 0.667. The third kappa shape index (κ3) is 2.47. The predicted molar refractivity (Wildman–Crippen MR) is 89.4 cm³/mol. The molecule has 3 heteroatoms. The Morgan fingerprint density at radius 2 is 2.00 bits per heavy atom. The first-order valence-electron chi connectivity index (χ1n) is 8.47. The summed E-state index contributed by atoms with van der Waals surface area (Å²) in [5.41, 5.74) is 3.30. The van der Waals surface area contributed by atoms with Crippen LogP contribution in [0.1, 0.15) is 38.2 Å². The number of benzene rings is 1. The van der Waals surface area contributed by atoms with Crippen molar-refractivity contribution in [2.24, 2.45) is 5.92 Å². The second-order valence-electron chi connectivity index (χ2n) is 7.20. The van der Waals surface area contributed by atoms with Crippen LogP contribution in [0.2, 0.25) is 5.02 Å². The molecule has 3 aliphatic rings. The number of piperidine rings is 1. The molecule has 2 aliphatic heterocycles. The predicted octanol–water partition coefficient (Wildman–Crippen LogP) is 3.92. The fourth-order valence-corrected chi connectivity index (χ4v) is 4.46. The van der Waals surface area contributed by atoms with Crippen molar-refractivity contribution >= 4 is 17.3 Å². The van der Waals surface area contributed by atoms with Gasteiger partial charge in [-0.3, -0.25) is 0 Å². The van der Waals surface area contributed by atoms with E-state index in [0.717, 1.165) is 17.5 Å². The zero-order valence-electron chi connectivity index (χ0n) is 12.9. The fourth-order valence-electron chi connectivity index (χ4n) is 4.28. The molecule has 0 radical (unpaired) electrons. The maximum Gasteiger partial charge on any atom is 0.0410 e. The molecule has 2 fully saturated rings. The summed E-state index contributed by atoms with van der Waals surface area (Å²) < 4.78 is 0. The first-order valence-corrected chi connectivity index (χ1v) is 8.85. The summed E-state index contributed by atoms with van der Waals surface area (Å²) in [6.07, 6.45) is 5.51. The topological polar surface area (TPSA) is 6.48 Å². The van der Waals surface area contributed by atoms with Crippen LogP contribution in [-0.4, -0.2) is 37.6 Å². The molecule has 21 heavy (non-hydrogen) atoms. The minimum atomic E-state index is 0.357. The van der Waals surface area contributed by atoms with Gasteiger partial charge in [-0.2, -0.15) is 0 Å². The van der Waals surface area contributed by atoms with Gasteiger partial charge in [-0.25, -0.2) is 0 Å². The van der Waals surface area contributed by atoms with Crippen LogP contribution in [0.15, 0.2) is 18.2 Å². The number of nitrogens with zero attached hydrogens (tertiary/aromatic N) is 2. The van der Waals surface area contributed by atoms with Crippen LogP contribution in [-0.2, 0) is 5.41 Å². The third-order valence-corrected chi connectivity index (χ3v) is 6.01. The number of fused-ring (bicyclic) bond motifs is 2. The van der Waals surface area contributed by atoms with E-state index < -0.39 is 0 Å². The monoisotopic (exact) mass is 304 g/mol. The van der Waals surface area contributed by atoms with Crippen LogP contribution >= 0.6 is 11.6 Å². The molecular weight excluding hydrogens is 280 g/mol. The largest absolute Gasteiger partial charge is 0.371 e. The first kappa shape index (κ1) is 13.9. The zero-order valence-corrected chi connectivity index (χ0v) is 13.7. The normalized spacial score (nSPS) is 24.6. The quantitative estimate of drug-likeness (QED) is 0.835. The van der Waals surface area contributed by atoms with E-state index in [1.165, 1.54) is 63.1 Å². The smallest absolute Gasteiger partial charge is 0.0410 e. The summed E-state index contributed by atoms with van der Waals surface area (Å²) in [4.78, 5) is 5.24. The molecule has 0 amide bonds. The number of halogens is 1. The van der Waals surface area contributed by atoms with Gasteiger partial charge in [-0.05, 0) is 75.4 Å². The van der Waals surface area contributed by atoms with Gasteiger partial charge in [0, 0.05) is 35.8 Å². The van der Waals surface area contributed by atoms with Gasteiger partial charge in [0.1, 0.15) is 0 Å². The van der Waals surface area contributed by atoms with Gasteiger partial charge >= 0.3 is 0 Å². The third-order valence-electron chi connectivity index (χ3n) is 5.77. The molecular formula is C18H25ClN2. The Labute approximate surface area is 133 Å². The minimum absolute atomic E-state index is 0.357. The van der Waals surface area contributed by atoms with Crippen LogP contribution < -0.4 is 4.90 Å². The molecule has 0 aromatic heterocycles. The van der Waals surface area contributed by atoms with E-state index in [1.807, 2.05) is 6.07 Å². The summed E-state index contributed by atoms with van der Waals surface area (Å²) in [5, 5.41) is 0.895. The lowest BCUT2D eigenvalue weighted by molar-refractivity contribution is 0.161. The van der Waals surface area contributed by atoms with E-state index in [1.54, 1.807) is 0 Å². The maximum atomic E-state index is 6.29. The van der Waals surface area contributed by atoms with Crippen LogP contribution in [0.25, 0.3) is 0 Å². The van der Waals surface area contributed by atoms with Gasteiger partial charge in [-0.1, -0.05) is 11.6 Å². The van der Waals surface area contributed by atoms with E-state index >= 15 is 0 Å². The van der Waals surface area contributed by atoms with Crippen LogP contribution in [0.4, 0.5) is 5.69 Å². The Morgan fingerprint density at radius 1 is 1.24 bits per heavy atom. The summed E-state index contributed by atoms with van der Waals surface area (Å²) in [5.74, 6) is 1.01. The van der Waals surface area contributed by atoms with Crippen LogP contribution in [0, 0.1) is 5.92 Å². The lowest BCUT2D eigenvalue weighted by Crippen LogP contribution is -2.45. The van der Waals surface area contributed by atoms with Crippen molar-refractivity contribution < 1.29 is 0 Å². The van der Waals surface area contributed by atoms with E-state index in [-0.39, 0.29) is 0 Å². The van der Waals surface area contributed by atoms with Crippen molar-refractivity contribution in [2.45, 2.75) is 38.0 Å². The highest BCUT2D eigenvalue weighted by Gasteiger charge is 2.44. The standard InChI is InChI=1S/C18H25ClN2/c1-2-21-13-18(16-11-15(19)5-6-17(16)21)7-9-20(10-8-18)12-14-3-4-14/h5-6,11,14H,2-4,7-10,12-13H2,1H3. The highest BCUT2D eigenvalue weighted by Crippen LogP contribution is 2.48. The van der Waals surface area contributed by atoms with Gasteiger partial charge in [0.2, 0.25) is 0 Å². The Bertz CT molecular complexity index is 530. The molecule has 1 saturated carbocycles. The summed E-state index contributed by atoms with van der Waals surface area (Å²) in [6, 6.07) is 6.51. The van der Waals surface area contributed by atoms with Crippen molar-refractivity contribution in [1.82, 2.24) is 4.90 Å². The average Bonchev–Trinajstić information content (AvgIpc) is 3.26. The van der Waals surface area contributed by atoms with Gasteiger partial charge < -0.3 is 9.80 Å². The Kier molecular flexibility index (Phi) is 3.42. The molecule has 1 spiro atoms. The highest BCUT2D eigenvalue weighted by atomic mass is 35.5. The molecule has 2 nitrogen and oxygen atoms in total. The second-order valence-corrected chi connectivity index (χ2v) is 7.64. The number of rotatable bonds is 3. The molecule has 2 heterocycles. The van der Waals surface area contributed by atoms with E-state index in [0.29, 0.717) is 5.41 Å². The van der Waals surface area contributed by atoms with Crippen molar-refractivity contribution in [3.8, 4) is 0 Å². The van der Waals surface area contributed by atoms with Crippen LogP contribution in [0.5, 0.6) is 0 Å². The minimum Gasteiger partial charge on any atom is -0.371 e. The van der Waals surface area contributed by atoms with Gasteiger partial charge in [-0.15, -0.1) is 0 Å². The zero-order chi connectivity index (χ0) is 14.4. The van der Waals surface area contributed by atoms with Gasteiger partial charge in [0.05, 0.1) is 0 Å². The molecule has 0 N–H and O–H groups in total. The summed E-state index contributed by atoms with van der Waals surface area (Å²) in [6.45, 7) is 8.42.